The van der Waals surface area contributed by atoms with Gasteiger partial charge in [-0.05, 0) is 25.9 Å². The highest BCUT2D eigenvalue weighted by Gasteiger charge is 2.36. The normalized spacial score (nSPS) is 34.8. The molecule has 2 unspecified atom stereocenters. The summed E-state index contributed by atoms with van der Waals surface area (Å²) in [7, 11) is 3.56. The highest BCUT2D eigenvalue weighted by molar-refractivity contribution is 4.90. The van der Waals surface area contributed by atoms with Crippen molar-refractivity contribution in [1.29, 1.82) is 0 Å². The van der Waals surface area contributed by atoms with Crippen LogP contribution in [-0.4, -0.2) is 63.5 Å². The molecule has 2 heterocycles. The number of nitrogens with one attached hydrogen (secondary N) is 1. The molecule has 0 spiro atoms. The highest BCUT2D eigenvalue weighted by Crippen LogP contribution is 2.21. The van der Waals surface area contributed by atoms with Gasteiger partial charge in [0, 0.05) is 33.4 Å². The van der Waals surface area contributed by atoms with Crippen LogP contribution in [0.2, 0.25) is 0 Å². The van der Waals surface area contributed by atoms with E-state index in [1.165, 1.54) is 12.8 Å². The average Bonchev–Trinajstić information content (AvgIpc) is 2.73. The van der Waals surface area contributed by atoms with Gasteiger partial charge in [-0.1, -0.05) is 0 Å². The summed E-state index contributed by atoms with van der Waals surface area (Å²) < 4.78 is 10.9. The Bertz CT molecular complexity index is 183. The summed E-state index contributed by atoms with van der Waals surface area (Å²) in [5.41, 5.74) is 0. The molecule has 2 saturated heterocycles. The predicted molar refractivity (Wildman–Crippen MR) is 59.1 cm³/mol. The molecule has 2 aliphatic heterocycles. The zero-order valence-corrected chi connectivity index (χ0v) is 9.74. The summed E-state index contributed by atoms with van der Waals surface area (Å²) in [4.78, 5) is 2.53. The Kier molecular flexibility index (Phi) is 3.97. The molecule has 2 rings (SSSR count). The van der Waals surface area contributed by atoms with Crippen LogP contribution in [0.15, 0.2) is 0 Å². The van der Waals surface area contributed by atoms with E-state index in [0.717, 1.165) is 32.2 Å². The fourth-order valence-corrected chi connectivity index (χ4v) is 2.69. The molecule has 0 saturated carbocycles. The van der Waals surface area contributed by atoms with Crippen molar-refractivity contribution in [2.24, 2.45) is 0 Å². The number of hydrogen-bond donors (Lipinski definition) is 1. The summed E-state index contributed by atoms with van der Waals surface area (Å²) in [6.07, 6.45) is 3.02. The second-order valence-corrected chi connectivity index (χ2v) is 4.48. The first-order valence-electron chi connectivity index (χ1n) is 5.85. The monoisotopic (exact) mass is 214 g/mol. The van der Waals surface area contributed by atoms with E-state index in [9.17, 15) is 0 Å². The Labute approximate surface area is 91.9 Å². The predicted octanol–water partition coefficient (Wildman–Crippen LogP) is 0.0840. The third-order valence-corrected chi connectivity index (χ3v) is 3.67. The lowest BCUT2D eigenvalue weighted by Crippen LogP contribution is -2.42. The molecule has 0 aromatic rings. The lowest BCUT2D eigenvalue weighted by Gasteiger charge is -2.31. The van der Waals surface area contributed by atoms with Gasteiger partial charge in [-0.3, -0.25) is 4.90 Å². The minimum Gasteiger partial charge on any atom is -0.377 e. The number of hydrogen-bond acceptors (Lipinski definition) is 4. The Balaban J connectivity index is 1.88. The van der Waals surface area contributed by atoms with Gasteiger partial charge >= 0.3 is 0 Å². The number of piperidine rings is 1. The SMILES string of the molecule is COC1CN(C2CCNCC2)CC1OC. The molecular formula is C11H22N2O2. The van der Waals surface area contributed by atoms with E-state index in [1.807, 2.05) is 0 Å². The van der Waals surface area contributed by atoms with Crippen LogP contribution in [-0.2, 0) is 9.47 Å². The zero-order valence-electron chi connectivity index (χ0n) is 9.74. The van der Waals surface area contributed by atoms with Crippen LogP contribution in [0.3, 0.4) is 0 Å². The molecule has 0 radical (unpaired) electrons. The Hall–Kier alpha value is -0.160. The van der Waals surface area contributed by atoms with Crippen molar-refractivity contribution in [1.82, 2.24) is 10.2 Å². The summed E-state index contributed by atoms with van der Waals surface area (Å²) in [5.74, 6) is 0. The van der Waals surface area contributed by atoms with E-state index in [1.54, 1.807) is 14.2 Å². The van der Waals surface area contributed by atoms with Gasteiger partial charge in [-0.25, -0.2) is 0 Å². The molecule has 2 atom stereocenters. The summed E-state index contributed by atoms with van der Waals surface area (Å²) >= 11 is 0. The van der Waals surface area contributed by atoms with Gasteiger partial charge in [-0.2, -0.15) is 0 Å². The maximum absolute atomic E-state index is 5.45. The summed E-state index contributed by atoms with van der Waals surface area (Å²) in [6, 6.07) is 0.726. The highest BCUT2D eigenvalue weighted by atomic mass is 16.5. The molecule has 0 amide bonds. The molecule has 4 heteroatoms. The molecule has 0 bridgehead atoms. The van der Waals surface area contributed by atoms with Crippen molar-refractivity contribution >= 4 is 0 Å². The lowest BCUT2D eigenvalue weighted by atomic mass is 10.1. The van der Waals surface area contributed by atoms with Crippen molar-refractivity contribution in [2.75, 3.05) is 40.4 Å². The minimum absolute atomic E-state index is 0.255. The summed E-state index contributed by atoms with van der Waals surface area (Å²) in [5, 5.41) is 3.40. The van der Waals surface area contributed by atoms with Crippen LogP contribution >= 0.6 is 0 Å². The first-order chi connectivity index (χ1) is 7.35. The van der Waals surface area contributed by atoms with E-state index in [4.69, 9.17) is 9.47 Å². The van der Waals surface area contributed by atoms with Gasteiger partial charge in [0.25, 0.3) is 0 Å². The fraction of sp³-hybridized carbons (Fsp3) is 1.00. The molecule has 0 aliphatic carbocycles. The van der Waals surface area contributed by atoms with E-state index in [2.05, 4.69) is 10.2 Å². The van der Waals surface area contributed by atoms with Gasteiger partial charge in [0.2, 0.25) is 0 Å². The molecule has 4 nitrogen and oxygen atoms in total. The number of ether oxygens (including phenoxy) is 2. The molecule has 1 N–H and O–H groups in total. The van der Waals surface area contributed by atoms with Gasteiger partial charge < -0.3 is 14.8 Å². The first-order valence-corrected chi connectivity index (χ1v) is 5.85. The van der Waals surface area contributed by atoms with Crippen LogP contribution < -0.4 is 5.32 Å². The van der Waals surface area contributed by atoms with E-state index in [0.29, 0.717) is 0 Å². The third kappa shape index (κ3) is 2.50. The van der Waals surface area contributed by atoms with Crippen LogP contribution in [0.5, 0.6) is 0 Å². The number of methoxy groups -OCH3 is 2. The van der Waals surface area contributed by atoms with Gasteiger partial charge in [-0.15, -0.1) is 0 Å². The third-order valence-electron chi connectivity index (χ3n) is 3.67. The van der Waals surface area contributed by atoms with E-state index >= 15 is 0 Å². The molecule has 88 valence electrons. The average molecular weight is 214 g/mol. The van der Waals surface area contributed by atoms with Gasteiger partial charge in [0.05, 0.1) is 12.2 Å². The minimum atomic E-state index is 0.255. The van der Waals surface area contributed by atoms with Crippen LogP contribution in [0.25, 0.3) is 0 Å². The molecular weight excluding hydrogens is 192 g/mol. The smallest absolute Gasteiger partial charge is 0.0971 e. The van der Waals surface area contributed by atoms with Gasteiger partial charge in [0.1, 0.15) is 0 Å². The standard InChI is InChI=1S/C11H22N2O2/c1-14-10-7-13(8-11(10)15-2)9-3-5-12-6-4-9/h9-12H,3-8H2,1-2H3. The number of likely N-dealkylation sites (tertiary alicyclic amines) is 1. The van der Waals surface area contributed by atoms with Crippen LogP contribution in [0.4, 0.5) is 0 Å². The molecule has 0 aromatic carbocycles. The fourth-order valence-electron chi connectivity index (χ4n) is 2.69. The zero-order chi connectivity index (χ0) is 10.7. The topological polar surface area (TPSA) is 33.7 Å². The van der Waals surface area contributed by atoms with E-state index < -0.39 is 0 Å². The molecule has 2 aliphatic rings. The van der Waals surface area contributed by atoms with Crippen molar-refractivity contribution in [2.45, 2.75) is 31.1 Å². The number of rotatable bonds is 3. The van der Waals surface area contributed by atoms with Crippen molar-refractivity contribution in [3.8, 4) is 0 Å². The van der Waals surface area contributed by atoms with Gasteiger partial charge in [0.15, 0.2) is 0 Å². The maximum atomic E-state index is 5.45. The van der Waals surface area contributed by atoms with Crippen molar-refractivity contribution in [3.05, 3.63) is 0 Å². The first kappa shape index (κ1) is 11.3. The van der Waals surface area contributed by atoms with Crippen molar-refractivity contribution < 1.29 is 9.47 Å². The van der Waals surface area contributed by atoms with Crippen molar-refractivity contribution in [3.63, 3.8) is 0 Å². The quantitative estimate of drug-likeness (QED) is 0.721. The second-order valence-electron chi connectivity index (χ2n) is 4.48. The lowest BCUT2D eigenvalue weighted by molar-refractivity contribution is -0.00461. The Morgan fingerprint density at radius 1 is 1.00 bits per heavy atom. The summed E-state index contributed by atoms with van der Waals surface area (Å²) in [6.45, 7) is 4.35. The molecule has 15 heavy (non-hydrogen) atoms. The Morgan fingerprint density at radius 3 is 2.00 bits per heavy atom. The molecule has 0 aromatic heterocycles. The maximum Gasteiger partial charge on any atom is 0.0971 e. The largest absolute Gasteiger partial charge is 0.377 e. The second kappa shape index (κ2) is 5.25. The van der Waals surface area contributed by atoms with E-state index in [-0.39, 0.29) is 12.2 Å². The molecule has 2 fully saturated rings. The van der Waals surface area contributed by atoms with Crippen LogP contribution in [0.1, 0.15) is 12.8 Å². The number of nitrogens with zero attached hydrogens (tertiary/aromatic N) is 1. The van der Waals surface area contributed by atoms with Crippen LogP contribution in [0, 0.1) is 0 Å². The Morgan fingerprint density at radius 2 is 1.53 bits per heavy atom.